The molecule has 9 aromatic rings. The van der Waals surface area contributed by atoms with Crippen LogP contribution >= 0.6 is 0 Å². The topological polar surface area (TPSA) is 210 Å². The lowest BCUT2D eigenvalue weighted by Gasteiger charge is -2.25. The molecule has 0 unspecified atom stereocenters. The summed E-state index contributed by atoms with van der Waals surface area (Å²) >= 11 is 0. The molecule has 2 aromatic carbocycles. The average Bonchev–Trinajstić information content (AvgIpc) is 4.24. The number of halogens is 3. The number of rotatable bonds is 17. The highest BCUT2D eigenvalue weighted by atomic mass is 19.1. The highest BCUT2D eigenvalue weighted by Gasteiger charge is 2.26. The van der Waals surface area contributed by atoms with Crippen molar-refractivity contribution in [2.45, 2.75) is 39.1 Å². The molecule has 0 atom stereocenters. The van der Waals surface area contributed by atoms with E-state index in [1.807, 2.05) is 6.20 Å². The van der Waals surface area contributed by atoms with Gasteiger partial charge in [-0.2, -0.15) is 10.2 Å². The Morgan fingerprint density at radius 2 is 1.61 bits per heavy atom. The van der Waals surface area contributed by atoms with Crippen LogP contribution in [0, 0.1) is 17.5 Å². The van der Waals surface area contributed by atoms with Gasteiger partial charge >= 0.3 is 0 Å². The number of anilines is 2. The summed E-state index contributed by atoms with van der Waals surface area (Å²) in [5, 5.41) is 11.1. The van der Waals surface area contributed by atoms with Crippen LogP contribution < -0.4 is 34.0 Å². The maximum Gasteiger partial charge on any atom is 0.222 e. The molecule has 1 N–H and O–H groups in total. The number of methoxy groups -OCH3 is 3. The molecule has 0 radical (unpaired) electrons. The molecule has 0 bridgehead atoms. The van der Waals surface area contributed by atoms with Gasteiger partial charge in [-0.05, 0) is 37.1 Å². The summed E-state index contributed by atoms with van der Waals surface area (Å²) in [5.74, 6) is -2.23. The number of hydrogen-bond acceptors (Lipinski definition) is 15. The number of aryl methyl sites for hydroxylation is 3. The Morgan fingerprint density at radius 1 is 0.833 bits per heavy atom. The molecule has 7 aromatic heterocycles. The number of aromatic nitrogens is 13. The van der Waals surface area contributed by atoms with Gasteiger partial charge in [-0.25, -0.2) is 38.1 Å². The van der Waals surface area contributed by atoms with E-state index in [1.165, 1.54) is 39.8 Å². The van der Waals surface area contributed by atoms with Crippen molar-refractivity contribution in [1.29, 1.82) is 0 Å². The number of pyridine rings is 2. The SMILES string of the molecule is COc1cc(OCn2cc(-c3cnc4ccc(=Nc5c(F)c(OC)cc(OC)c5F)n(CCCN5CCCC5=O)c4n3)c[n+]2C)c(F)c(N(Cc2ncn[nH]2)c2ccc3ncc(-c4cnn(C)c4)nc3n2)c1. The minimum atomic E-state index is -1.01. The van der Waals surface area contributed by atoms with Gasteiger partial charge in [0.15, 0.2) is 53.0 Å². The fourth-order valence-corrected chi connectivity index (χ4v) is 8.37. The second-order valence-corrected chi connectivity index (χ2v) is 16.7. The highest BCUT2D eigenvalue weighted by Crippen LogP contribution is 2.39. The van der Waals surface area contributed by atoms with E-state index in [1.54, 1.807) is 97.8 Å². The van der Waals surface area contributed by atoms with Gasteiger partial charge in [0.05, 0.1) is 75.3 Å². The van der Waals surface area contributed by atoms with Gasteiger partial charge in [-0.3, -0.25) is 24.5 Å². The Bertz CT molecular complexity index is 3530. The van der Waals surface area contributed by atoms with Crippen LogP contribution in [0.2, 0.25) is 0 Å². The zero-order chi connectivity index (χ0) is 50.0. The van der Waals surface area contributed by atoms with Crippen LogP contribution in [-0.2, 0) is 38.7 Å². The average molecular weight is 984 g/mol. The van der Waals surface area contributed by atoms with Gasteiger partial charge < -0.3 is 33.3 Å². The number of nitrogens with zero attached hydrogens (tertiary/aromatic N) is 15. The molecule has 24 heteroatoms. The molecule has 368 valence electrons. The number of ether oxygens (including phenoxy) is 4. The van der Waals surface area contributed by atoms with E-state index in [2.05, 4.69) is 30.3 Å². The molecule has 1 saturated heterocycles. The van der Waals surface area contributed by atoms with Crippen LogP contribution in [-0.4, -0.2) is 104 Å². The first-order chi connectivity index (χ1) is 35.0. The fraction of sp³-hybridized carbons (Fsp3) is 0.271. The van der Waals surface area contributed by atoms with Crippen molar-refractivity contribution in [3.05, 3.63) is 115 Å². The number of hydrogen-bond donors (Lipinski definition) is 1. The predicted molar refractivity (Wildman–Crippen MR) is 253 cm³/mol. The maximum atomic E-state index is 17.0. The number of nitrogens with one attached hydrogen (secondary N) is 1. The number of likely N-dealkylation sites (tertiary alicyclic amines) is 1. The molecule has 1 amide bonds. The number of carbonyl (C=O) groups is 1. The molecular formula is C48H46F3N16O5+. The number of fused-ring (bicyclic) bond motifs is 2. The van der Waals surface area contributed by atoms with Crippen molar-refractivity contribution in [3.63, 3.8) is 0 Å². The van der Waals surface area contributed by atoms with Crippen molar-refractivity contribution in [1.82, 2.24) is 64.0 Å². The van der Waals surface area contributed by atoms with Crippen LogP contribution in [0.25, 0.3) is 44.8 Å². The number of benzene rings is 2. The molecule has 8 heterocycles. The van der Waals surface area contributed by atoms with Gasteiger partial charge in [-0.15, -0.1) is 9.36 Å². The predicted octanol–water partition coefficient (Wildman–Crippen LogP) is 5.64. The molecule has 72 heavy (non-hydrogen) atoms. The third kappa shape index (κ3) is 9.27. The molecule has 1 aliphatic rings. The normalized spacial score (nSPS) is 12.9. The molecule has 21 nitrogen and oxygen atoms in total. The van der Waals surface area contributed by atoms with Crippen molar-refractivity contribution in [2.24, 2.45) is 19.1 Å². The lowest BCUT2D eigenvalue weighted by molar-refractivity contribution is -0.756. The molecule has 0 saturated carbocycles. The van der Waals surface area contributed by atoms with Gasteiger partial charge in [0.1, 0.15) is 45.9 Å². The van der Waals surface area contributed by atoms with Crippen LogP contribution in [0.15, 0.2) is 91.0 Å². The van der Waals surface area contributed by atoms with Crippen LogP contribution in [0.3, 0.4) is 0 Å². The smallest absolute Gasteiger partial charge is 0.222 e. The first kappa shape index (κ1) is 46.8. The van der Waals surface area contributed by atoms with Gasteiger partial charge in [0, 0.05) is 63.1 Å². The fourth-order valence-electron chi connectivity index (χ4n) is 8.37. The molecule has 1 aliphatic heterocycles. The van der Waals surface area contributed by atoms with Crippen molar-refractivity contribution in [3.8, 4) is 45.5 Å². The second-order valence-electron chi connectivity index (χ2n) is 16.7. The lowest BCUT2D eigenvalue weighted by atomic mass is 10.2. The van der Waals surface area contributed by atoms with Gasteiger partial charge in [0.25, 0.3) is 0 Å². The van der Waals surface area contributed by atoms with Crippen molar-refractivity contribution in [2.75, 3.05) is 39.3 Å². The number of H-pyrrole nitrogens is 1. The summed E-state index contributed by atoms with van der Waals surface area (Å²) in [6, 6.07) is 10.8. The summed E-state index contributed by atoms with van der Waals surface area (Å²) in [6.45, 7) is 1.25. The first-order valence-corrected chi connectivity index (χ1v) is 22.6. The third-order valence-electron chi connectivity index (χ3n) is 12.1. The number of aromatic amines is 1. The zero-order valence-corrected chi connectivity index (χ0v) is 39.6. The maximum absolute atomic E-state index is 17.0. The monoisotopic (exact) mass is 983 g/mol. The Hall–Kier alpha value is -8.96. The van der Waals surface area contributed by atoms with Crippen LogP contribution in [0.4, 0.5) is 30.4 Å². The van der Waals surface area contributed by atoms with Crippen molar-refractivity contribution < 1.29 is 41.6 Å². The molecule has 0 spiro atoms. The zero-order valence-electron chi connectivity index (χ0n) is 39.6. The largest absolute Gasteiger partial charge is 0.497 e. The number of amides is 1. The van der Waals surface area contributed by atoms with E-state index in [4.69, 9.17) is 38.9 Å². The summed E-state index contributed by atoms with van der Waals surface area (Å²) in [5.41, 5.74) is 3.70. The lowest BCUT2D eigenvalue weighted by Crippen LogP contribution is -2.39. The first-order valence-electron chi connectivity index (χ1n) is 22.6. The summed E-state index contributed by atoms with van der Waals surface area (Å²) in [6.07, 6.45) is 13.4. The van der Waals surface area contributed by atoms with Crippen LogP contribution in [0.1, 0.15) is 25.1 Å². The van der Waals surface area contributed by atoms with E-state index in [-0.39, 0.29) is 54.2 Å². The van der Waals surface area contributed by atoms with Gasteiger partial charge in [0.2, 0.25) is 18.8 Å². The minimum Gasteiger partial charge on any atom is -0.497 e. The molecule has 0 aliphatic carbocycles. The van der Waals surface area contributed by atoms with Crippen LogP contribution in [0.5, 0.6) is 23.0 Å². The van der Waals surface area contributed by atoms with Gasteiger partial charge in [-0.1, -0.05) is 0 Å². The Labute approximate surface area is 407 Å². The Balaban J connectivity index is 0.976. The second kappa shape index (κ2) is 19.8. The van der Waals surface area contributed by atoms with E-state index in [9.17, 15) is 4.79 Å². The quantitative estimate of drug-likeness (QED) is 0.110. The Morgan fingerprint density at radius 3 is 2.32 bits per heavy atom. The molecule has 10 rings (SSSR count). The minimum absolute atomic E-state index is 0.0255. The highest BCUT2D eigenvalue weighted by molar-refractivity contribution is 5.79. The van der Waals surface area contributed by atoms with E-state index in [0.29, 0.717) is 82.6 Å². The van der Waals surface area contributed by atoms with E-state index >= 15 is 13.2 Å². The van der Waals surface area contributed by atoms with E-state index in [0.717, 1.165) is 18.1 Å². The Kier molecular flexibility index (Phi) is 12.9. The summed E-state index contributed by atoms with van der Waals surface area (Å²) < 4.78 is 77.4. The molecule has 1 fully saturated rings. The summed E-state index contributed by atoms with van der Waals surface area (Å²) in [4.78, 5) is 48.5. The third-order valence-corrected chi connectivity index (χ3v) is 12.1. The number of carbonyl (C=O) groups excluding carboxylic acids is 1. The van der Waals surface area contributed by atoms with E-state index < -0.39 is 23.1 Å². The standard InChI is InChI=1S/C48H46F3N16O5/c1-62-22-28(19-56-62)33-20-52-31-9-11-41(60-47(31)57-33)67(25-39-54-26-55-61-39)35-16-30(69-3)17-38(43(35)49)72-27-65-24-29(23-63(65)2)34-21-53-32-10-12-40(59-46-44(50)36(70-4)18-37(71-5)45(46)51)66(48(32)58-34)15-7-14-64-13-6-8-42(64)68/h9-12,16-24,26H,6-8,13-15,25,27H2,1-5H3,(H,54,55,61)/q+1. The summed E-state index contributed by atoms with van der Waals surface area (Å²) in [7, 11) is 7.58. The van der Waals surface area contributed by atoms with Crippen molar-refractivity contribution >= 4 is 45.4 Å². The molecular weight excluding hydrogens is 938 g/mol.